The Morgan fingerprint density at radius 3 is 2.48 bits per heavy atom. The molecule has 1 amide bonds. The summed E-state index contributed by atoms with van der Waals surface area (Å²) < 4.78 is 5.24. The summed E-state index contributed by atoms with van der Waals surface area (Å²) in [4.78, 5) is 18.7. The second-order valence-corrected chi connectivity index (χ2v) is 7.49. The van der Waals surface area contributed by atoms with Gasteiger partial charge < -0.3 is 20.1 Å². The largest absolute Gasteiger partial charge is 0.361 e. The monoisotopic (exact) mass is 351 g/mol. The molecule has 0 radical (unpaired) electrons. The molecule has 0 spiro atoms. The molecule has 25 heavy (non-hydrogen) atoms. The van der Waals surface area contributed by atoms with E-state index in [2.05, 4.69) is 27.7 Å². The quantitative estimate of drug-likeness (QED) is 0.606. The number of carbonyl (C=O) groups excluding carboxylic acids is 1. The highest BCUT2D eigenvalue weighted by molar-refractivity contribution is 5.86. The van der Waals surface area contributed by atoms with Gasteiger partial charge in [-0.1, -0.05) is 12.1 Å². The number of hydrogen-bond acceptors (Lipinski definition) is 4. The first kappa shape index (κ1) is 21.0. The van der Waals surface area contributed by atoms with Crippen LogP contribution >= 0.6 is 0 Å². The number of nitrogens with zero attached hydrogens (tertiary/aromatic N) is 3. The van der Waals surface area contributed by atoms with Crippen LogP contribution in [-0.4, -0.2) is 54.1 Å². The van der Waals surface area contributed by atoms with Crippen molar-refractivity contribution in [3.63, 3.8) is 0 Å². The minimum atomic E-state index is -0.245. The van der Waals surface area contributed by atoms with Crippen LogP contribution in [0, 0.1) is 13.8 Å². The maximum absolute atomic E-state index is 12.1. The van der Waals surface area contributed by atoms with E-state index in [0.717, 1.165) is 23.6 Å². The van der Waals surface area contributed by atoms with Crippen molar-refractivity contribution in [2.45, 2.75) is 59.9 Å². The van der Waals surface area contributed by atoms with Gasteiger partial charge in [-0.2, -0.15) is 0 Å². The number of aromatic nitrogens is 1. The lowest BCUT2D eigenvalue weighted by Crippen LogP contribution is -2.48. The van der Waals surface area contributed by atoms with E-state index in [9.17, 15) is 4.79 Å². The first-order valence-corrected chi connectivity index (χ1v) is 8.78. The average Bonchev–Trinajstić information content (AvgIpc) is 2.80. The summed E-state index contributed by atoms with van der Waals surface area (Å²) in [6.45, 7) is 15.5. The fourth-order valence-corrected chi connectivity index (χ4v) is 2.73. The van der Waals surface area contributed by atoms with E-state index >= 15 is 0 Å². The molecule has 1 atom stereocenters. The Bertz CT molecular complexity index is 582. The Balaban J connectivity index is 2.77. The van der Waals surface area contributed by atoms with Gasteiger partial charge in [-0.25, -0.2) is 0 Å². The van der Waals surface area contributed by atoms with Crippen LogP contribution in [0.3, 0.4) is 0 Å². The number of carbonyl (C=O) groups is 1. The van der Waals surface area contributed by atoms with Gasteiger partial charge in [-0.05, 0) is 41.5 Å². The molecule has 1 aromatic heterocycles. The van der Waals surface area contributed by atoms with Gasteiger partial charge >= 0.3 is 0 Å². The molecule has 0 aliphatic heterocycles. The second-order valence-electron chi connectivity index (χ2n) is 7.49. The molecule has 7 heteroatoms. The SMILES string of the molecule is CCNC(=NCC(C)c1c(C)noc1C)N(C)CC(=O)NC(C)(C)C. The van der Waals surface area contributed by atoms with Crippen molar-refractivity contribution in [3.8, 4) is 0 Å². The van der Waals surface area contributed by atoms with Crippen molar-refractivity contribution in [1.82, 2.24) is 20.7 Å². The summed E-state index contributed by atoms with van der Waals surface area (Å²) in [7, 11) is 1.87. The van der Waals surface area contributed by atoms with Gasteiger partial charge in [0.25, 0.3) is 0 Å². The zero-order valence-electron chi connectivity index (χ0n) is 16.9. The second kappa shape index (κ2) is 8.87. The number of hydrogen-bond donors (Lipinski definition) is 2. The van der Waals surface area contributed by atoms with E-state index in [0.29, 0.717) is 12.5 Å². The van der Waals surface area contributed by atoms with E-state index < -0.39 is 0 Å². The van der Waals surface area contributed by atoms with E-state index in [1.165, 1.54) is 0 Å². The van der Waals surface area contributed by atoms with Crippen LogP contribution in [0.4, 0.5) is 0 Å². The minimum Gasteiger partial charge on any atom is -0.361 e. The van der Waals surface area contributed by atoms with Crippen molar-refractivity contribution < 1.29 is 9.32 Å². The molecule has 0 aromatic carbocycles. The van der Waals surface area contributed by atoms with E-state index in [-0.39, 0.29) is 23.9 Å². The smallest absolute Gasteiger partial charge is 0.240 e. The lowest BCUT2D eigenvalue weighted by Gasteiger charge is -2.25. The van der Waals surface area contributed by atoms with E-state index in [4.69, 9.17) is 4.52 Å². The van der Waals surface area contributed by atoms with Crippen molar-refractivity contribution in [3.05, 3.63) is 17.0 Å². The van der Waals surface area contributed by atoms with Crippen LogP contribution in [0.5, 0.6) is 0 Å². The third kappa shape index (κ3) is 6.76. The summed E-state index contributed by atoms with van der Waals surface area (Å²) in [6.07, 6.45) is 0. The van der Waals surface area contributed by atoms with Crippen LogP contribution in [0.2, 0.25) is 0 Å². The molecule has 1 unspecified atom stereocenters. The molecule has 0 bridgehead atoms. The summed E-state index contributed by atoms with van der Waals surface area (Å²) in [5.41, 5.74) is 1.77. The molecular formula is C18H33N5O2. The van der Waals surface area contributed by atoms with E-state index in [1.54, 1.807) is 0 Å². The van der Waals surface area contributed by atoms with Crippen molar-refractivity contribution in [2.75, 3.05) is 26.7 Å². The molecule has 142 valence electrons. The molecule has 1 rings (SSSR count). The molecular weight excluding hydrogens is 318 g/mol. The van der Waals surface area contributed by atoms with Gasteiger partial charge in [0, 0.05) is 37.2 Å². The Labute approximate surface area is 151 Å². The molecule has 0 fully saturated rings. The third-order valence-electron chi connectivity index (χ3n) is 3.69. The van der Waals surface area contributed by atoms with Crippen molar-refractivity contribution in [1.29, 1.82) is 0 Å². The number of amides is 1. The highest BCUT2D eigenvalue weighted by Crippen LogP contribution is 2.23. The third-order valence-corrected chi connectivity index (χ3v) is 3.69. The van der Waals surface area contributed by atoms with Crippen LogP contribution in [0.1, 0.15) is 57.6 Å². The molecule has 1 aromatic rings. The number of rotatable bonds is 6. The Morgan fingerprint density at radius 1 is 1.36 bits per heavy atom. The Hall–Kier alpha value is -2.05. The zero-order valence-corrected chi connectivity index (χ0v) is 16.9. The fraction of sp³-hybridized carbons (Fsp3) is 0.722. The maximum atomic E-state index is 12.1. The topological polar surface area (TPSA) is 82.8 Å². The van der Waals surface area contributed by atoms with Gasteiger partial charge in [0.2, 0.25) is 5.91 Å². The first-order chi connectivity index (χ1) is 11.5. The maximum Gasteiger partial charge on any atom is 0.240 e. The number of likely N-dealkylation sites (N-methyl/N-ethyl adjacent to an activating group) is 1. The van der Waals surface area contributed by atoms with Crippen LogP contribution < -0.4 is 10.6 Å². The Morgan fingerprint density at radius 2 is 2.00 bits per heavy atom. The lowest BCUT2D eigenvalue weighted by molar-refractivity contribution is -0.122. The van der Waals surface area contributed by atoms with Gasteiger partial charge in [-0.15, -0.1) is 0 Å². The zero-order chi connectivity index (χ0) is 19.2. The van der Waals surface area contributed by atoms with Gasteiger partial charge in [-0.3, -0.25) is 9.79 Å². The van der Waals surface area contributed by atoms with Gasteiger partial charge in [0.15, 0.2) is 5.96 Å². The average molecular weight is 351 g/mol. The molecule has 0 aliphatic rings. The van der Waals surface area contributed by atoms with Crippen LogP contribution in [0.15, 0.2) is 9.52 Å². The Kier molecular flexibility index (Phi) is 7.45. The summed E-state index contributed by atoms with van der Waals surface area (Å²) in [5.74, 6) is 1.71. The summed E-state index contributed by atoms with van der Waals surface area (Å²) >= 11 is 0. The molecule has 0 aliphatic carbocycles. The van der Waals surface area contributed by atoms with Gasteiger partial charge in [0.1, 0.15) is 5.76 Å². The highest BCUT2D eigenvalue weighted by Gasteiger charge is 2.19. The van der Waals surface area contributed by atoms with Crippen LogP contribution in [0.25, 0.3) is 0 Å². The molecule has 2 N–H and O–H groups in total. The summed E-state index contributed by atoms with van der Waals surface area (Å²) in [5, 5.41) is 10.2. The number of guanidine groups is 1. The minimum absolute atomic E-state index is 0.0284. The molecule has 1 heterocycles. The molecule has 0 saturated heterocycles. The van der Waals surface area contributed by atoms with Crippen LogP contribution in [-0.2, 0) is 4.79 Å². The predicted octanol–water partition coefficient (Wildman–Crippen LogP) is 2.21. The predicted molar refractivity (Wildman–Crippen MR) is 101 cm³/mol. The van der Waals surface area contributed by atoms with E-state index in [1.807, 2.05) is 53.5 Å². The lowest BCUT2D eigenvalue weighted by atomic mass is 10.00. The molecule has 7 nitrogen and oxygen atoms in total. The first-order valence-electron chi connectivity index (χ1n) is 8.78. The van der Waals surface area contributed by atoms with Crippen molar-refractivity contribution in [2.24, 2.45) is 4.99 Å². The van der Waals surface area contributed by atoms with Gasteiger partial charge in [0.05, 0.1) is 12.2 Å². The standard InChI is InChI=1S/C18H33N5O2/c1-9-19-17(23(8)11-15(24)21-18(5,6)7)20-10-12(2)16-13(3)22-25-14(16)4/h12H,9-11H2,1-8H3,(H,19,20)(H,21,24). The fourth-order valence-electron chi connectivity index (χ4n) is 2.73. The number of nitrogens with one attached hydrogen (secondary N) is 2. The normalized spacial score (nSPS) is 13.5. The highest BCUT2D eigenvalue weighted by atomic mass is 16.5. The summed E-state index contributed by atoms with van der Waals surface area (Å²) in [6, 6.07) is 0. The van der Waals surface area contributed by atoms with Crippen molar-refractivity contribution >= 4 is 11.9 Å². The number of aryl methyl sites for hydroxylation is 2. The number of aliphatic imine (C=N–C) groups is 1. The molecule has 0 saturated carbocycles.